The van der Waals surface area contributed by atoms with Gasteiger partial charge in [0, 0.05) is 12.7 Å². The van der Waals surface area contributed by atoms with Gasteiger partial charge in [-0.1, -0.05) is 18.2 Å². The first kappa shape index (κ1) is 15.1. The van der Waals surface area contributed by atoms with Gasteiger partial charge >= 0.3 is 0 Å². The van der Waals surface area contributed by atoms with Crippen molar-refractivity contribution in [2.45, 2.75) is 20.8 Å². The SMILES string of the molecule is Cc1ccccc1OCCN(C)C(=O)c1c(C)n[nH]c1C. The molecule has 21 heavy (non-hydrogen) atoms. The predicted octanol–water partition coefficient (Wildman–Crippen LogP) is 2.49. The van der Waals surface area contributed by atoms with E-state index in [4.69, 9.17) is 4.74 Å². The smallest absolute Gasteiger partial charge is 0.257 e. The average Bonchev–Trinajstić information content (AvgIpc) is 2.79. The Labute approximate surface area is 124 Å². The first-order chi connectivity index (χ1) is 10.0. The molecule has 0 unspecified atom stereocenters. The van der Waals surface area contributed by atoms with Gasteiger partial charge < -0.3 is 9.64 Å². The van der Waals surface area contributed by atoms with Gasteiger partial charge in [-0.15, -0.1) is 0 Å². The van der Waals surface area contributed by atoms with Crippen molar-refractivity contribution >= 4 is 5.91 Å². The van der Waals surface area contributed by atoms with E-state index in [1.165, 1.54) is 0 Å². The van der Waals surface area contributed by atoms with Gasteiger partial charge in [0.2, 0.25) is 0 Å². The van der Waals surface area contributed by atoms with Crippen molar-refractivity contribution in [2.24, 2.45) is 0 Å². The van der Waals surface area contributed by atoms with Gasteiger partial charge in [-0.3, -0.25) is 9.89 Å². The Kier molecular flexibility index (Phi) is 4.62. The summed E-state index contributed by atoms with van der Waals surface area (Å²) in [7, 11) is 1.77. The molecule has 1 aromatic heterocycles. The van der Waals surface area contributed by atoms with Crippen molar-refractivity contribution in [1.82, 2.24) is 15.1 Å². The Bertz CT molecular complexity index is 615. The Morgan fingerprint density at radius 3 is 2.62 bits per heavy atom. The highest BCUT2D eigenvalue weighted by molar-refractivity contribution is 5.96. The minimum atomic E-state index is -0.0351. The number of benzene rings is 1. The van der Waals surface area contributed by atoms with Crippen molar-refractivity contribution in [3.05, 3.63) is 46.8 Å². The highest BCUT2D eigenvalue weighted by Gasteiger charge is 2.18. The van der Waals surface area contributed by atoms with Crippen molar-refractivity contribution in [3.8, 4) is 5.75 Å². The Hall–Kier alpha value is -2.30. The van der Waals surface area contributed by atoms with Gasteiger partial charge in [0.05, 0.1) is 17.8 Å². The number of nitrogens with one attached hydrogen (secondary N) is 1. The lowest BCUT2D eigenvalue weighted by Crippen LogP contribution is -2.31. The summed E-state index contributed by atoms with van der Waals surface area (Å²) in [6.07, 6.45) is 0. The van der Waals surface area contributed by atoms with E-state index in [0.29, 0.717) is 18.7 Å². The largest absolute Gasteiger partial charge is 0.491 e. The molecule has 0 bridgehead atoms. The van der Waals surface area contributed by atoms with Gasteiger partial charge in [0.15, 0.2) is 0 Å². The molecule has 5 heteroatoms. The van der Waals surface area contributed by atoms with Gasteiger partial charge in [0.25, 0.3) is 5.91 Å². The molecule has 1 amide bonds. The average molecular weight is 287 g/mol. The van der Waals surface area contributed by atoms with E-state index < -0.39 is 0 Å². The number of H-pyrrole nitrogens is 1. The summed E-state index contributed by atoms with van der Waals surface area (Å²) in [6.45, 7) is 6.67. The predicted molar refractivity (Wildman–Crippen MR) is 81.7 cm³/mol. The molecule has 0 aliphatic carbocycles. The van der Waals surface area contributed by atoms with Crippen LogP contribution in [0.1, 0.15) is 27.3 Å². The molecule has 2 rings (SSSR count). The molecule has 0 atom stereocenters. The molecule has 0 spiro atoms. The van der Waals surface area contributed by atoms with Crippen LogP contribution in [0, 0.1) is 20.8 Å². The van der Waals surface area contributed by atoms with Crippen LogP contribution in [0.5, 0.6) is 5.75 Å². The molecular weight excluding hydrogens is 266 g/mol. The number of ether oxygens (including phenoxy) is 1. The van der Waals surface area contributed by atoms with Crippen LogP contribution in [0.25, 0.3) is 0 Å². The van der Waals surface area contributed by atoms with E-state index in [1.54, 1.807) is 11.9 Å². The number of para-hydroxylation sites is 1. The van der Waals surface area contributed by atoms with E-state index in [-0.39, 0.29) is 5.91 Å². The Morgan fingerprint density at radius 1 is 1.29 bits per heavy atom. The van der Waals surface area contributed by atoms with E-state index in [0.717, 1.165) is 22.7 Å². The van der Waals surface area contributed by atoms with Crippen LogP contribution in [0.4, 0.5) is 0 Å². The molecule has 0 aliphatic heterocycles. The number of aryl methyl sites for hydroxylation is 3. The third-order valence-corrected chi connectivity index (χ3v) is 3.47. The number of hydrogen-bond donors (Lipinski definition) is 1. The molecule has 0 aliphatic rings. The topological polar surface area (TPSA) is 58.2 Å². The van der Waals surface area contributed by atoms with Crippen LogP contribution in [0.2, 0.25) is 0 Å². The second-order valence-electron chi connectivity index (χ2n) is 5.15. The number of carbonyl (C=O) groups is 1. The highest BCUT2D eigenvalue weighted by Crippen LogP contribution is 2.16. The molecule has 2 aromatic rings. The standard InChI is InChI=1S/C16H21N3O2/c1-11-7-5-6-8-14(11)21-10-9-19(4)16(20)15-12(2)17-18-13(15)3/h5-8H,9-10H2,1-4H3,(H,17,18). The van der Waals surface area contributed by atoms with E-state index in [2.05, 4.69) is 10.2 Å². The van der Waals surface area contributed by atoms with Crippen LogP contribution >= 0.6 is 0 Å². The highest BCUT2D eigenvalue weighted by atomic mass is 16.5. The summed E-state index contributed by atoms with van der Waals surface area (Å²) >= 11 is 0. The quantitative estimate of drug-likeness (QED) is 0.919. The molecule has 0 saturated heterocycles. The van der Waals surface area contributed by atoms with Gasteiger partial charge in [-0.05, 0) is 32.4 Å². The zero-order chi connectivity index (χ0) is 15.4. The fourth-order valence-electron chi connectivity index (χ4n) is 2.17. The van der Waals surface area contributed by atoms with Crippen LogP contribution in [0.15, 0.2) is 24.3 Å². The molecule has 1 heterocycles. The number of rotatable bonds is 5. The summed E-state index contributed by atoms with van der Waals surface area (Å²) in [4.78, 5) is 14.0. The van der Waals surface area contributed by atoms with E-state index in [1.807, 2.05) is 45.0 Å². The summed E-state index contributed by atoms with van der Waals surface area (Å²) in [6, 6.07) is 7.85. The molecule has 1 aromatic carbocycles. The molecule has 1 N–H and O–H groups in total. The van der Waals surface area contributed by atoms with Crippen LogP contribution in [-0.4, -0.2) is 41.2 Å². The monoisotopic (exact) mass is 287 g/mol. The molecule has 5 nitrogen and oxygen atoms in total. The van der Waals surface area contributed by atoms with Crippen LogP contribution in [0.3, 0.4) is 0 Å². The number of amides is 1. The second-order valence-corrected chi connectivity index (χ2v) is 5.15. The molecule has 112 valence electrons. The number of carbonyl (C=O) groups excluding carboxylic acids is 1. The van der Waals surface area contributed by atoms with Gasteiger partial charge in [-0.25, -0.2) is 0 Å². The summed E-state index contributed by atoms with van der Waals surface area (Å²) in [5.74, 6) is 0.821. The number of hydrogen-bond acceptors (Lipinski definition) is 3. The molecule has 0 radical (unpaired) electrons. The Morgan fingerprint density at radius 2 is 2.00 bits per heavy atom. The lowest BCUT2D eigenvalue weighted by Gasteiger charge is -2.18. The minimum Gasteiger partial charge on any atom is -0.491 e. The zero-order valence-corrected chi connectivity index (χ0v) is 12.9. The molecular formula is C16H21N3O2. The van der Waals surface area contributed by atoms with Crippen LogP contribution < -0.4 is 4.74 Å². The number of likely N-dealkylation sites (N-methyl/N-ethyl adjacent to an activating group) is 1. The lowest BCUT2D eigenvalue weighted by molar-refractivity contribution is 0.0772. The van der Waals surface area contributed by atoms with Crippen molar-refractivity contribution in [3.63, 3.8) is 0 Å². The fourth-order valence-corrected chi connectivity index (χ4v) is 2.17. The first-order valence-electron chi connectivity index (χ1n) is 6.96. The van der Waals surface area contributed by atoms with Crippen molar-refractivity contribution in [2.75, 3.05) is 20.2 Å². The zero-order valence-electron chi connectivity index (χ0n) is 12.9. The molecule has 0 saturated carbocycles. The number of aromatic amines is 1. The normalized spacial score (nSPS) is 10.5. The van der Waals surface area contributed by atoms with Crippen LogP contribution in [-0.2, 0) is 0 Å². The number of aromatic nitrogens is 2. The first-order valence-corrected chi connectivity index (χ1v) is 6.96. The van der Waals surface area contributed by atoms with Crippen molar-refractivity contribution in [1.29, 1.82) is 0 Å². The number of nitrogens with zero attached hydrogens (tertiary/aromatic N) is 2. The van der Waals surface area contributed by atoms with E-state index in [9.17, 15) is 4.79 Å². The Balaban J connectivity index is 1.92. The maximum atomic E-state index is 12.4. The van der Waals surface area contributed by atoms with Crippen molar-refractivity contribution < 1.29 is 9.53 Å². The summed E-state index contributed by atoms with van der Waals surface area (Å²) < 4.78 is 5.72. The van der Waals surface area contributed by atoms with Gasteiger partial charge in [0.1, 0.15) is 12.4 Å². The van der Waals surface area contributed by atoms with Gasteiger partial charge in [-0.2, -0.15) is 5.10 Å². The third-order valence-electron chi connectivity index (χ3n) is 3.47. The fraction of sp³-hybridized carbons (Fsp3) is 0.375. The maximum Gasteiger partial charge on any atom is 0.257 e. The minimum absolute atomic E-state index is 0.0351. The van der Waals surface area contributed by atoms with E-state index >= 15 is 0 Å². The lowest BCUT2D eigenvalue weighted by atomic mass is 10.2. The second kappa shape index (κ2) is 6.43. The summed E-state index contributed by atoms with van der Waals surface area (Å²) in [5.41, 5.74) is 3.26. The third kappa shape index (κ3) is 3.42. The summed E-state index contributed by atoms with van der Waals surface area (Å²) in [5, 5.41) is 6.89. The maximum absolute atomic E-state index is 12.4. The molecule has 0 fully saturated rings.